The van der Waals surface area contributed by atoms with Gasteiger partial charge in [0.15, 0.2) is 17.2 Å². The van der Waals surface area contributed by atoms with E-state index in [2.05, 4.69) is 15.0 Å². The maximum atomic E-state index is 16.4. The molecule has 210 valence electrons. The van der Waals surface area contributed by atoms with E-state index in [1.807, 2.05) is 0 Å². The molecule has 0 unspecified atom stereocenters. The third kappa shape index (κ3) is 4.40. The van der Waals surface area contributed by atoms with Crippen molar-refractivity contribution in [3.63, 3.8) is 0 Å². The normalized spacial score (nSPS) is 25.2. The Morgan fingerprint density at radius 1 is 1.27 bits per heavy atom. The van der Waals surface area contributed by atoms with Gasteiger partial charge in [-0.3, -0.25) is 0 Å². The largest absolute Gasteiger partial charge is 0.480 e. The first-order chi connectivity index (χ1) is 19.2. The summed E-state index contributed by atoms with van der Waals surface area (Å²) >= 11 is 0. The molecule has 2 aliphatic rings. The van der Waals surface area contributed by atoms with Gasteiger partial charge in [0.25, 0.3) is 6.43 Å². The van der Waals surface area contributed by atoms with Crippen LogP contribution < -0.4 is 9.64 Å². The molecule has 12 heteroatoms. The first kappa shape index (κ1) is 26.3. The number of aromatic nitrogens is 3. The Labute approximate surface area is 226 Å². The van der Waals surface area contributed by atoms with Crippen LogP contribution in [0, 0.1) is 12.8 Å². The summed E-state index contributed by atoms with van der Waals surface area (Å²) in [7, 11) is 0. The van der Waals surface area contributed by atoms with Crippen molar-refractivity contribution in [2.45, 2.75) is 50.9 Å². The van der Waals surface area contributed by atoms with Crippen molar-refractivity contribution in [2.24, 2.45) is 5.92 Å². The SMILES string of the molecule is Cc1cnc(O[C@H]2C[C@@H](C(=O)O)N(c3nc(C(F)F)nc4c3oc3ccccc34)C2)c([C@]2(F)CCOC[C@@H]2C)c1. The Morgan fingerprint density at radius 2 is 2.08 bits per heavy atom. The minimum Gasteiger partial charge on any atom is -0.480 e. The maximum Gasteiger partial charge on any atom is 0.326 e. The lowest BCUT2D eigenvalue weighted by Gasteiger charge is -2.36. The molecule has 0 radical (unpaired) electrons. The van der Waals surface area contributed by atoms with Gasteiger partial charge in [-0.25, -0.2) is 32.9 Å². The van der Waals surface area contributed by atoms with E-state index in [0.717, 1.165) is 5.56 Å². The molecule has 1 aromatic carbocycles. The Bertz CT molecular complexity index is 1600. The van der Waals surface area contributed by atoms with Gasteiger partial charge < -0.3 is 23.9 Å². The number of nitrogens with zero attached hydrogens (tertiary/aromatic N) is 4. The third-order valence-corrected chi connectivity index (χ3v) is 7.71. The quantitative estimate of drug-likeness (QED) is 0.336. The number of rotatable bonds is 6. The summed E-state index contributed by atoms with van der Waals surface area (Å²) in [4.78, 5) is 26.2. The summed E-state index contributed by atoms with van der Waals surface area (Å²) in [6.45, 7) is 4.03. The summed E-state index contributed by atoms with van der Waals surface area (Å²) in [5.74, 6) is -2.37. The number of carbonyl (C=O) groups is 1. The van der Waals surface area contributed by atoms with Crippen LogP contribution in [0.25, 0.3) is 22.1 Å². The minimum absolute atomic E-state index is 0.0159. The number of carboxylic acid groups (broad SMARTS) is 1. The molecule has 0 spiro atoms. The third-order valence-electron chi connectivity index (χ3n) is 7.71. The Kier molecular flexibility index (Phi) is 6.52. The van der Waals surface area contributed by atoms with Crippen molar-refractivity contribution < 1.29 is 37.0 Å². The van der Waals surface area contributed by atoms with E-state index in [4.69, 9.17) is 13.9 Å². The molecule has 6 rings (SSSR count). The van der Waals surface area contributed by atoms with Gasteiger partial charge in [-0.2, -0.15) is 0 Å². The molecule has 2 fully saturated rings. The van der Waals surface area contributed by atoms with E-state index in [1.54, 1.807) is 50.4 Å². The summed E-state index contributed by atoms with van der Waals surface area (Å²) in [6, 6.07) is 7.34. The van der Waals surface area contributed by atoms with E-state index in [0.29, 0.717) is 11.0 Å². The molecule has 0 saturated carbocycles. The van der Waals surface area contributed by atoms with Crippen LogP contribution in [0.15, 0.2) is 40.9 Å². The number of halogens is 3. The van der Waals surface area contributed by atoms with Gasteiger partial charge in [0.05, 0.1) is 18.7 Å². The van der Waals surface area contributed by atoms with Crippen LogP contribution in [0.3, 0.4) is 0 Å². The monoisotopic (exact) mass is 556 g/mol. The highest BCUT2D eigenvalue weighted by Crippen LogP contribution is 2.45. The predicted molar refractivity (Wildman–Crippen MR) is 138 cm³/mol. The number of carboxylic acids is 1. The molecule has 9 nitrogen and oxygen atoms in total. The Hall–Kier alpha value is -3.93. The average molecular weight is 557 g/mol. The van der Waals surface area contributed by atoms with Crippen molar-refractivity contribution in [2.75, 3.05) is 24.7 Å². The maximum absolute atomic E-state index is 16.4. The number of hydrogen-bond acceptors (Lipinski definition) is 8. The zero-order valence-electron chi connectivity index (χ0n) is 21.8. The molecule has 2 saturated heterocycles. The number of para-hydroxylation sites is 1. The number of benzene rings is 1. The van der Waals surface area contributed by atoms with Gasteiger partial charge in [0.2, 0.25) is 5.88 Å². The topological polar surface area (TPSA) is 111 Å². The van der Waals surface area contributed by atoms with Crippen molar-refractivity contribution in [3.8, 4) is 5.88 Å². The molecule has 0 amide bonds. The second kappa shape index (κ2) is 9.92. The van der Waals surface area contributed by atoms with Crippen LogP contribution in [-0.4, -0.2) is 57.9 Å². The lowest BCUT2D eigenvalue weighted by molar-refractivity contribution is -0.138. The molecule has 1 N–H and O–H groups in total. The Morgan fingerprint density at radius 3 is 2.83 bits per heavy atom. The van der Waals surface area contributed by atoms with E-state index < -0.39 is 42.0 Å². The van der Waals surface area contributed by atoms with Crippen LogP contribution in [-0.2, 0) is 15.2 Å². The van der Waals surface area contributed by atoms with Gasteiger partial charge in [-0.1, -0.05) is 19.1 Å². The summed E-state index contributed by atoms with van der Waals surface area (Å²) in [5.41, 5.74) is -0.0236. The van der Waals surface area contributed by atoms with Gasteiger partial charge in [0.1, 0.15) is 28.9 Å². The number of aryl methyl sites for hydroxylation is 1. The van der Waals surface area contributed by atoms with Crippen LogP contribution >= 0.6 is 0 Å². The van der Waals surface area contributed by atoms with E-state index >= 15 is 4.39 Å². The highest BCUT2D eigenvalue weighted by atomic mass is 19.3. The lowest BCUT2D eigenvalue weighted by atomic mass is 9.80. The van der Waals surface area contributed by atoms with Crippen molar-refractivity contribution >= 4 is 33.9 Å². The number of hydrogen-bond donors (Lipinski definition) is 1. The second-order valence-corrected chi connectivity index (χ2v) is 10.4. The first-order valence-corrected chi connectivity index (χ1v) is 13.0. The van der Waals surface area contributed by atoms with Gasteiger partial charge in [-0.05, 0) is 30.7 Å². The smallest absolute Gasteiger partial charge is 0.326 e. The first-order valence-electron chi connectivity index (χ1n) is 13.0. The highest BCUT2D eigenvalue weighted by Gasteiger charge is 2.45. The fraction of sp³-hybridized carbons (Fsp3) is 0.429. The zero-order valence-corrected chi connectivity index (χ0v) is 21.8. The molecule has 0 aliphatic carbocycles. The molecule has 4 aromatic rings. The van der Waals surface area contributed by atoms with Crippen LogP contribution in [0.4, 0.5) is 19.0 Å². The molecule has 40 heavy (non-hydrogen) atoms. The molecule has 5 heterocycles. The molecule has 0 bridgehead atoms. The lowest BCUT2D eigenvalue weighted by Crippen LogP contribution is -2.38. The van der Waals surface area contributed by atoms with Crippen LogP contribution in [0.2, 0.25) is 0 Å². The fourth-order valence-electron chi connectivity index (χ4n) is 5.60. The Balaban J connectivity index is 1.39. The molecule has 3 aromatic heterocycles. The number of alkyl halides is 3. The van der Waals surface area contributed by atoms with Crippen molar-refractivity contribution in [1.29, 1.82) is 0 Å². The molecule has 4 atom stereocenters. The van der Waals surface area contributed by atoms with E-state index in [1.165, 1.54) is 4.90 Å². The molecular weight excluding hydrogens is 529 g/mol. The minimum atomic E-state index is -2.99. The highest BCUT2D eigenvalue weighted by molar-refractivity contribution is 6.06. The van der Waals surface area contributed by atoms with Gasteiger partial charge in [-0.15, -0.1) is 0 Å². The van der Waals surface area contributed by atoms with Gasteiger partial charge >= 0.3 is 5.97 Å². The zero-order chi connectivity index (χ0) is 28.2. The van der Waals surface area contributed by atoms with Crippen molar-refractivity contribution in [1.82, 2.24) is 15.0 Å². The van der Waals surface area contributed by atoms with Crippen LogP contribution in [0.1, 0.15) is 43.1 Å². The summed E-state index contributed by atoms with van der Waals surface area (Å²) < 4.78 is 61.6. The summed E-state index contributed by atoms with van der Waals surface area (Å²) in [6.07, 6.45) is -2.07. The number of pyridine rings is 1. The fourth-order valence-corrected chi connectivity index (χ4v) is 5.60. The number of furan rings is 1. The standard InChI is InChI=1S/C28H27F3N4O5/c1-14-9-18(28(31)7-8-38-13-15(28)2)26(32-11-14)39-16-10-19(27(36)37)35(12-16)25-22-21(33-24(34-25)23(29)30)17-5-3-4-6-20(17)40-22/h3-6,9,11,15-16,19,23H,7-8,10,12-13H2,1-2H3,(H,36,37)/t15-,16-,19-,28-/m0/s1. The van der Waals surface area contributed by atoms with Crippen LogP contribution in [0.5, 0.6) is 5.88 Å². The van der Waals surface area contributed by atoms with Gasteiger partial charge in [0, 0.05) is 36.9 Å². The predicted octanol–water partition coefficient (Wildman–Crippen LogP) is 5.35. The average Bonchev–Trinajstić information content (AvgIpc) is 3.52. The number of fused-ring (bicyclic) bond motifs is 3. The second-order valence-electron chi connectivity index (χ2n) is 10.4. The summed E-state index contributed by atoms with van der Waals surface area (Å²) in [5, 5.41) is 10.6. The van der Waals surface area contributed by atoms with E-state index in [-0.39, 0.29) is 61.0 Å². The number of aliphatic carboxylic acids is 1. The van der Waals surface area contributed by atoms with Crippen molar-refractivity contribution in [3.05, 3.63) is 53.5 Å². The number of ether oxygens (including phenoxy) is 2. The molecule has 2 aliphatic heterocycles. The molecular formula is C28H27F3N4O5. The van der Waals surface area contributed by atoms with E-state index in [9.17, 15) is 18.7 Å². The number of anilines is 1.